The van der Waals surface area contributed by atoms with Gasteiger partial charge in [-0.05, 0) is 42.3 Å². The molecule has 1 aromatic carbocycles. The molecule has 1 heterocycles. The van der Waals surface area contributed by atoms with Crippen LogP contribution < -0.4 is 5.32 Å². The second kappa shape index (κ2) is 8.28. The van der Waals surface area contributed by atoms with E-state index in [9.17, 15) is 4.79 Å². The second-order valence-corrected chi connectivity index (χ2v) is 7.47. The van der Waals surface area contributed by atoms with Crippen molar-refractivity contribution >= 4 is 17.7 Å². The maximum atomic E-state index is 12.5. The van der Waals surface area contributed by atoms with Crippen molar-refractivity contribution in [3.63, 3.8) is 0 Å². The summed E-state index contributed by atoms with van der Waals surface area (Å²) in [4.78, 5) is 12.5. The van der Waals surface area contributed by atoms with Crippen LogP contribution in [0.5, 0.6) is 0 Å². The predicted molar refractivity (Wildman–Crippen MR) is 94.1 cm³/mol. The Kier molecular flexibility index (Phi) is 5.85. The minimum absolute atomic E-state index is 0.0644. The summed E-state index contributed by atoms with van der Waals surface area (Å²) in [6.07, 6.45) is 7.15. The Morgan fingerprint density at radius 2 is 1.92 bits per heavy atom. The van der Waals surface area contributed by atoms with E-state index in [-0.39, 0.29) is 11.2 Å². The fourth-order valence-corrected chi connectivity index (χ4v) is 3.75. The second-order valence-electron chi connectivity index (χ2n) is 6.17. The highest BCUT2D eigenvalue weighted by Crippen LogP contribution is 2.24. The highest BCUT2D eigenvalue weighted by Gasteiger charge is 2.22. The van der Waals surface area contributed by atoms with Gasteiger partial charge in [0.05, 0.1) is 10.9 Å². The zero-order chi connectivity index (χ0) is 16.8. The first-order chi connectivity index (χ1) is 11.7. The van der Waals surface area contributed by atoms with Crippen LogP contribution in [0.25, 0.3) is 5.69 Å². The Labute approximate surface area is 146 Å². The first-order valence-electron chi connectivity index (χ1n) is 8.55. The number of nitrogens with zero attached hydrogens (tertiary/aromatic N) is 4. The van der Waals surface area contributed by atoms with Crippen molar-refractivity contribution in [1.29, 1.82) is 0 Å². The van der Waals surface area contributed by atoms with E-state index in [0.717, 1.165) is 18.5 Å². The minimum Gasteiger partial charge on any atom is -0.352 e. The molecule has 2 aromatic rings. The monoisotopic (exact) mass is 345 g/mol. The number of amides is 1. The van der Waals surface area contributed by atoms with Crippen molar-refractivity contribution in [3.8, 4) is 5.69 Å². The summed E-state index contributed by atoms with van der Waals surface area (Å²) in [5, 5.41) is 15.4. The molecule has 1 saturated carbocycles. The Hall–Kier alpha value is -1.89. The average molecular weight is 345 g/mol. The standard InChI is InChI=1S/C17H23N5OS/c1-13(16(23)18-14-9-5-2-3-6-10-14)24-17-19-20-21-22(17)15-11-7-4-8-12-15/h4,7-8,11-14H,2-3,5-6,9-10H2,1H3,(H,18,23)/t13-/m0/s1. The van der Waals surface area contributed by atoms with E-state index in [4.69, 9.17) is 0 Å². The quantitative estimate of drug-likeness (QED) is 0.666. The highest BCUT2D eigenvalue weighted by molar-refractivity contribution is 8.00. The molecular formula is C17H23N5OS. The molecule has 1 amide bonds. The highest BCUT2D eigenvalue weighted by atomic mass is 32.2. The van der Waals surface area contributed by atoms with Gasteiger partial charge in [-0.15, -0.1) is 5.10 Å². The number of rotatable bonds is 5. The predicted octanol–water partition coefficient (Wildman–Crippen LogP) is 2.98. The number of thioether (sulfide) groups is 1. The van der Waals surface area contributed by atoms with Crippen molar-refractivity contribution in [2.75, 3.05) is 0 Å². The van der Waals surface area contributed by atoms with E-state index in [1.807, 2.05) is 37.3 Å². The Balaban J connectivity index is 1.61. The molecule has 24 heavy (non-hydrogen) atoms. The molecule has 128 valence electrons. The van der Waals surface area contributed by atoms with Gasteiger partial charge in [-0.1, -0.05) is 55.6 Å². The van der Waals surface area contributed by atoms with Gasteiger partial charge in [0.25, 0.3) is 0 Å². The van der Waals surface area contributed by atoms with Crippen LogP contribution >= 0.6 is 11.8 Å². The lowest BCUT2D eigenvalue weighted by Gasteiger charge is -2.19. The van der Waals surface area contributed by atoms with Crippen molar-refractivity contribution < 1.29 is 4.79 Å². The molecule has 1 N–H and O–H groups in total. The number of carbonyl (C=O) groups excluding carboxylic acids is 1. The van der Waals surface area contributed by atoms with Crippen molar-refractivity contribution in [3.05, 3.63) is 30.3 Å². The minimum atomic E-state index is -0.235. The fraction of sp³-hybridized carbons (Fsp3) is 0.529. The summed E-state index contributed by atoms with van der Waals surface area (Å²) in [5.74, 6) is 0.0644. The normalized spacial score (nSPS) is 17.2. The number of aromatic nitrogens is 4. The van der Waals surface area contributed by atoms with Gasteiger partial charge >= 0.3 is 0 Å². The fourth-order valence-electron chi connectivity index (χ4n) is 2.94. The molecule has 7 heteroatoms. The summed E-state index contributed by atoms with van der Waals surface area (Å²) in [7, 11) is 0. The number of benzene rings is 1. The number of hydrogen-bond acceptors (Lipinski definition) is 5. The van der Waals surface area contributed by atoms with Crippen LogP contribution in [0.3, 0.4) is 0 Å². The molecule has 0 bridgehead atoms. The zero-order valence-corrected chi connectivity index (χ0v) is 14.7. The molecule has 3 rings (SSSR count). The summed E-state index contributed by atoms with van der Waals surface area (Å²) in [6, 6.07) is 10.0. The van der Waals surface area contributed by atoms with E-state index in [0.29, 0.717) is 11.2 Å². The molecule has 0 unspecified atom stereocenters. The van der Waals surface area contributed by atoms with Gasteiger partial charge in [0.15, 0.2) is 0 Å². The maximum absolute atomic E-state index is 12.5. The summed E-state index contributed by atoms with van der Waals surface area (Å²) < 4.78 is 1.67. The molecule has 1 aromatic heterocycles. The van der Waals surface area contributed by atoms with Gasteiger partial charge in [-0.2, -0.15) is 4.68 Å². The van der Waals surface area contributed by atoms with E-state index in [2.05, 4.69) is 20.8 Å². The third kappa shape index (κ3) is 4.35. The van der Waals surface area contributed by atoms with E-state index in [1.165, 1.54) is 37.4 Å². The SMILES string of the molecule is C[C@H](Sc1nnnn1-c1ccccc1)C(=O)NC1CCCCCC1. The van der Waals surface area contributed by atoms with Crippen molar-refractivity contribution in [2.45, 2.75) is 61.9 Å². The molecule has 0 radical (unpaired) electrons. The third-order valence-electron chi connectivity index (χ3n) is 4.29. The molecule has 0 aliphatic heterocycles. The molecule has 0 saturated heterocycles. The Morgan fingerprint density at radius 3 is 2.62 bits per heavy atom. The van der Waals surface area contributed by atoms with Gasteiger partial charge in [0, 0.05) is 6.04 Å². The number of tetrazole rings is 1. The van der Waals surface area contributed by atoms with Gasteiger partial charge < -0.3 is 5.32 Å². The lowest BCUT2D eigenvalue weighted by Crippen LogP contribution is -2.39. The summed E-state index contributed by atoms with van der Waals surface area (Å²) in [6.45, 7) is 1.90. The number of carbonyl (C=O) groups is 1. The van der Waals surface area contributed by atoms with E-state index < -0.39 is 0 Å². The Bertz CT molecular complexity index is 652. The van der Waals surface area contributed by atoms with Gasteiger partial charge in [0.1, 0.15) is 0 Å². The van der Waals surface area contributed by atoms with Gasteiger partial charge in [-0.3, -0.25) is 4.79 Å². The van der Waals surface area contributed by atoms with Crippen LogP contribution in [0.1, 0.15) is 45.4 Å². The van der Waals surface area contributed by atoms with Crippen LogP contribution in [-0.2, 0) is 4.79 Å². The number of nitrogens with one attached hydrogen (secondary N) is 1. The zero-order valence-electron chi connectivity index (χ0n) is 13.9. The first-order valence-corrected chi connectivity index (χ1v) is 9.43. The lowest BCUT2D eigenvalue weighted by atomic mass is 10.1. The molecule has 0 spiro atoms. The summed E-state index contributed by atoms with van der Waals surface area (Å²) in [5.41, 5.74) is 0.890. The molecule has 6 nitrogen and oxygen atoms in total. The Morgan fingerprint density at radius 1 is 1.21 bits per heavy atom. The van der Waals surface area contributed by atoms with Crippen LogP contribution in [0.2, 0.25) is 0 Å². The molecule has 1 atom stereocenters. The van der Waals surface area contributed by atoms with Crippen molar-refractivity contribution in [2.24, 2.45) is 0 Å². The van der Waals surface area contributed by atoms with Gasteiger partial charge in [-0.25, -0.2) is 0 Å². The lowest BCUT2D eigenvalue weighted by molar-refractivity contribution is -0.121. The van der Waals surface area contributed by atoms with Crippen molar-refractivity contribution in [1.82, 2.24) is 25.5 Å². The van der Waals surface area contributed by atoms with E-state index >= 15 is 0 Å². The average Bonchev–Trinajstić information content (AvgIpc) is 2.91. The van der Waals surface area contributed by atoms with Crippen LogP contribution in [0.15, 0.2) is 35.5 Å². The van der Waals surface area contributed by atoms with E-state index in [1.54, 1.807) is 4.68 Å². The molecular weight excluding hydrogens is 322 g/mol. The van der Waals surface area contributed by atoms with Crippen LogP contribution in [-0.4, -0.2) is 37.4 Å². The summed E-state index contributed by atoms with van der Waals surface area (Å²) >= 11 is 1.39. The first kappa shape index (κ1) is 17.0. The largest absolute Gasteiger partial charge is 0.352 e. The van der Waals surface area contributed by atoms with Crippen LogP contribution in [0.4, 0.5) is 0 Å². The number of hydrogen-bond donors (Lipinski definition) is 1. The van der Waals surface area contributed by atoms with Crippen LogP contribution in [0, 0.1) is 0 Å². The van der Waals surface area contributed by atoms with Gasteiger partial charge in [0.2, 0.25) is 11.1 Å². The topological polar surface area (TPSA) is 72.7 Å². The smallest absolute Gasteiger partial charge is 0.233 e. The maximum Gasteiger partial charge on any atom is 0.233 e. The third-order valence-corrected chi connectivity index (χ3v) is 5.33. The molecule has 1 aliphatic rings. The molecule has 1 aliphatic carbocycles. The number of para-hydroxylation sites is 1. The molecule has 1 fully saturated rings.